The number of ether oxygens (including phenoxy) is 1. The van der Waals surface area contributed by atoms with E-state index in [0.717, 1.165) is 31.1 Å². The van der Waals surface area contributed by atoms with E-state index in [0.29, 0.717) is 6.54 Å². The maximum Gasteiger partial charge on any atom is 0.112 e. The number of nitrogens with one attached hydrogen (secondary N) is 2. The zero-order valence-electron chi connectivity index (χ0n) is 9.15. The third-order valence-electron chi connectivity index (χ3n) is 2.48. The van der Waals surface area contributed by atoms with Crippen LogP contribution in [0.2, 0.25) is 0 Å². The van der Waals surface area contributed by atoms with E-state index in [4.69, 9.17) is 9.84 Å². The highest BCUT2D eigenvalue weighted by Gasteiger charge is 2.16. The summed E-state index contributed by atoms with van der Waals surface area (Å²) in [5.41, 5.74) is 1.86. The summed E-state index contributed by atoms with van der Waals surface area (Å²) < 4.78 is 5.60. The molecular weight excluding hydrogens is 206 g/mol. The van der Waals surface area contributed by atoms with Gasteiger partial charge in [-0.25, -0.2) is 0 Å². The first kappa shape index (κ1) is 11.3. The molecule has 0 aromatic carbocycles. The number of pyridine rings is 1. The molecule has 3 N–H and O–H groups in total. The summed E-state index contributed by atoms with van der Waals surface area (Å²) in [6, 6.07) is 3.91. The van der Waals surface area contributed by atoms with Gasteiger partial charge in [0.25, 0.3) is 0 Å². The summed E-state index contributed by atoms with van der Waals surface area (Å²) in [5, 5.41) is 15.0. The zero-order valence-corrected chi connectivity index (χ0v) is 9.15. The predicted molar refractivity (Wildman–Crippen MR) is 61.4 cm³/mol. The maximum atomic E-state index is 8.67. The van der Waals surface area contributed by atoms with Crippen LogP contribution in [-0.4, -0.2) is 42.9 Å². The van der Waals surface area contributed by atoms with Gasteiger partial charge in [-0.1, -0.05) is 0 Å². The first-order valence-corrected chi connectivity index (χ1v) is 5.53. The molecule has 0 spiro atoms. The average Bonchev–Trinajstić information content (AvgIpc) is 2.38. The molecule has 0 aliphatic carbocycles. The molecule has 2 heterocycles. The number of hydrogen-bond donors (Lipinski definition) is 3. The van der Waals surface area contributed by atoms with Crippen molar-refractivity contribution in [2.24, 2.45) is 0 Å². The van der Waals surface area contributed by atoms with E-state index in [2.05, 4.69) is 15.6 Å². The third kappa shape index (κ3) is 2.91. The summed E-state index contributed by atoms with van der Waals surface area (Å²) in [7, 11) is 0. The molecule has 0 radical (unpaired) electrons. The lowest BCUT2D eigenvalue weighted by molar-refractivity contribution is 0.0250. The van der Waals surface area contributed by atoms with Crippen molar-refractivity contribution in [2.45, 2.75) is 6.10 Å². The third-order valence-corrected chi connectivity index (χ3v) is 2.48. The molecule has 88 valence electrons. The summed E-state index contributed by atoms with van der Waals surface area (Å²) in [6.07, 6.45) is 1.82. The zero-order chi connectivity index (χ0) is 11.2. The van der Waals surface area contributed by atoms with Gasteiger partial charge in [0.15, 0.2) is 0 Å². The molecule has 1 aromatic rings. The van der Waals surface area contributed by atoms with E-state index >= 15 is 0 Å². The monoisotopic (exact) mass is 223 g/mol. The lowest BCUT2D eigenvalue weighted by Gasteiger charge is -2.23. The fourth-order valence-corrected chi connectivity index (χ4v) is 1.66. The van der Waals surface area contributed by atoms with Gasteiger partial charge in [0, 0.05) is 19.6 Å². The van der Waals surface area contributed by atoms with Gasteiger partial charge >= 0.3 is 0 Å². The number of nitrogens with zero attached hydrogens (tertiary/aromatic N) is 1. The molecule has 0 saturated carbocycles. The molecule has 1 atom stereocenters. The van der Waals surface area contributed by atoms with E-state index in [1.165, 1.54) is 0 Å². The predicted octanol–water partition coefficient (Wildman–Crippen LogP) is 0.147. The van der Waals surface area contributed by atoms with Crippen molar-refractivity contribution in [3.8, 4) is 0 Å². The molecule has 1 aliphatic heterocycles. The number of hydrogen-bond acceptors (Lipinski definition) is 5. The largest absolute Gasteiger partial charge is 0.395 e. The Hall–Kier alpha value is -1.17. The summed E-state index contributed by atoms with van der Waals surface area (Å²) in [5.74, 6) is 0. The van der Waals surface area contributed by atoms with Crippen LogP contribution in [0, 0.1) is 0 Å². The Morgan fingerprint density at radius 3 is 3.12 bits per heavy atom. The van der Waals surface area contributed by atoms with Gasteiger partial charge < -0.3 is 20.5 Å². The van der Waals surface area contributed by atoms with E-state index in [1.54, 1.807) is 6.20 Å². The van der Waals surface area contributed by atoms with Crippen molar-refractivity contribution >= 4 is 5.69 Å². The Morgan fingerprint density at radius 2 is 2.50 bits per heavy atom. The van der Waals surface area contributed by atoms with Crippen molar-refractivity contribution < 1.29 is 9.84 Å². The lowest BCUT2D eigenvalue weighted by atomic mass is 10.2. The number of rotatable bonds is 4. The number of aliphatic hydroxyl groups excluding tert-OH is 1. The summed E-state index contributed by atoms with van der Waals surface area (Å²) in [4.78, 5) is 4.35. The molecule has 1 saturated heterocycles. The van der Waals surface area contributed by atoms with Gasteiger partial charge in [-0.05, 0) is 12.1 Å². The average molecular weight is 223 g/mol. The van der Waals surface area contributed by atoms with Crippen molar-refractivity contribution in [1.29, 1.82) is 0 Å². The molecular formula is C11H17N3O2. The Morgan fingerprint density at radius 1 is 1.56 bits per heavy atom. The SMILES string of the molecule is OCCNc1ccc([C@@H]2CNCCO2)nc1. The van der Waals surface area contributed by atoms with Crippen LogP contribution in [0.3, 0.4) is 0 Å². The maximum absolute atomic E-state index is 8.67. The Kier molecular flexibility index (Phi) is 4.10. The Balaban J connectivity index is 1.95. The van der Waals surface area contributed by atoms with Crippen LogP contribution in [0.1, 0.15) is 11.8 Å². The number of morpholine rings is 1. The number of anilines is 1. The van der Waals surface area contributed by atoms with Crippen molar-refractivity contribution in [3.05, 3.63) is 24.0 Å². The molecule has 5 heteroatoms. The molecule has 0 unspecified atom stereocenters. The molecule has 2 rings (SSSR count). The van der Waals surface area contributed by atoms with Crippen LogP contribution in [-0.2, 0) is 4.74 Å². The highest BCUT2D eigenvalue weighted by molar-refractivity contribution is 5.41. The van der Waals surface area contributed by atoms with Crippen molar-refractivity contribution in [3.63, 3.8) is 0 Å². The minimum absolute atomic E-state index is 0.0561. The van der Waals surface area contributed by atoms with Gasteiger partial charge in [0.2, 0.25) is 0 Å². The number of aromatic nitrogens is 1. The van der Waals surface area contributed by atoms with E-state index in [-0.39, 0.29) is 12.7 Å². The van der Waals surface area contributed by atoms with E-state index in [9.17, 15) is 0 Å². The quantitative estimate of drug-likeness (QED) is 0.678. The minimum atomic E-state index is 0.0561. The molecule has 0 bridgehead atoms. The van der Waals surface area contributed by atoms with Crippen molar-refractivity contribution in [2.75, 3.05) is 38.2 Å². The fourth-order valence-electron chi connectivity index (χ4n) is 1.66. The standard InChI is InChI=1S/C11H17N3O2/c15-5-3-13-9-1-2-10(14-7-9)11-8-12-4-6-16-11/h1-2,7,11-13,15H,3-6,8H2/t11-/m0/s1. The van der Waals surface area contributed by atoms with E-state index < -0.39 is 0 Å². The molecule has 1 aliphatic rings. The van der Waals surface area contributed by atoms with Gasteiger partial charge in [-0.3, -0.25) is 4.98 Å². The first-order valence-electron chi connectivity index (χ1n) is 5.53. The Bertz CT molecular complexity index is 310. The molecule has 16 heavy (non-hydrogen) atoms. The van der Waals surface area contributed by atoms with Gasteiger partial charge in [-0.15, -0.1) is 0 Å². The second kappa shape index (κ2) is 5.79. The highest BCUT2D eigenvalue weighted by atomic mass is 16.5. The van der Waals surface area contributed by atoms with Crippen LogP contribution in [0.25, 0.3) is 0 Å². The fraction of sp³-hybridized carbons (Fsp3) is 0.545. The van der Waals surface area contributed by atoms with Crippen LogP contribution in [0.5, 0.6) is 0 Å². The second-order valence-corrected chi connectivity index (χ2v) is 3.69. The van der Waals surface area contributed by atoms with Gasteiger partial charge in [0.05, 0.1) is 30.8 Å². The van der Waals surface area contributed by atoms with Gasteiger partial charge in [-0.2, -0.15) is 0 Å². The summed E-state index contributed by atoms with van der Waals surface area (Å²) in [6.45, 7) is 3.12. The smallest absolute Gasteiger partial charge is 0.112 e. The van der Waals surface area contributed by atoms with Crippen LogP contribution >= 0.6 is 0 Å². The second-order valence-electron chi connectivity index (χ2n) is 3.69. The normalized spacial score (nSPS) is 20.7. The molecule has 1 fully saturated rings. The van der Waals surface area contributed by atoms with Crippen LogP contribution in [0.4, 0.5) is 5.69 Å². The Labute approximate surface area is 94.8 Å². The van der Waals surface area contributed by atoms with Crippen molar-refractivity contribution in [1.82, 2.24) is 10.3 Å². The first-order chi connectivity index (χ1) is 7.90. The number of aliphatic hydroxyl groups is 1. The van der Waals surface area contributed by atoms with E-state index in [1.807, 2.05) is 12.1 Å². The van der Waals surface area contributed by atoms with Crippen LogP contribution < -0.4 is 10.6 Å². The topological polar surface area (TPSA) is 66.4 Å². The molecule has 0 amide bonds. The molecule has 1 aromatic heterocycles. The minimum Gasteiger partial charge on any atom is -0.395 e. The lowest BCUT2D eigenvalue weighted by Crippen LogP contribution is -2.33. The van der Waals surface area contributed by atoms with Gasteiger partial charge in [0.1, 0.15) is 6.10 Å². The van der Waals surface area contributed by atoms with Crippen LogP contribution in [0.15, 0.2) is 18.3 Å². The highest BCUT2D eigenvalue weighted by Crippen LogP contribution is 2.17. The summed E-state index contributed by atoms with van der Waals surface area (Å²) >= 11 is 0. The molecule has 5 nitrogen and oxygen atoms in total.